The molecule has 0 fully saturated rings. The number of carbonyl (C=O) groups excluding carboxylic acids is 1. The maximum absolute atomic E-state index is 15.5. The van der Waals surface area contributed by atoms with Crippen LogP contribution in [0.5, 0.6) is 5.75 Å². The highest BCUT2D eigenvalue weighted by Gasteiger charge is 2.59. The van der Waals surface area contributed by atoms with Crippen molar-refractivity contribution in [3.05, 3.63) is 28.1 Å². The third-order valence-corrected chi connectivity index (χ3v) is 8.28. The number of halogens is 5. The maximum atomic E-state index is 15.5. The number of primary amides is 1. The van der Waals surface area contributed by atoms with Crippen LogP contribution >= 0.6 is 18.9 Å². The lowest BCUT2D eigenvalue weighted by Gasteiger charge is -2.26. The molecule has 1 heterocycles. The van der Waals surface area contributed by atoms with Crippen LogP contribution in [0.15, 0.2) is 12.1 Å². The van der Waals surface area contributed by atoms with Gasteiger partial charge in [0.25, 0.3) is 0 Å². The summed E-state index contributed by atoms with van der Waals surface area (Å²) in [7, 11) is -5.37. The summed E-state index contributed by atoms with van der Waals surface area (Å²) >= 11 is 0.0182. The van der Waals surface area contributed by atoms with E-state index in [2.05, 4.69) is 9.05 Å². The second kappa shape index (κ2) is 10.7. The molecule has 0 unspecified atom stereocenters. The number of aliphatic hydroxyl groups is 1. The van der Waals surface area contributed by atoms with Crippen LogP contribution in [-0.4, -0.2) is 36.4 Å². The van der Waals surface area contributed by atoms with Crippen molar-refractivity contribution in [1.82, 2.24) is 0 Å². The van der Waals surface area contributed by atoms with E-state index in [1.54, 1.807) is 13.8 Å². The number of hydrogen-bond acceptors (Lipinski definition) is 7. The number of hydrogen-bond donors (Lipinski definition) is 2. The van der Waals surface area contributed by atoms with Gasteiger partial charge in [0.2, 0.25) is 5.91 Å². The van der Waals surface area contributed by atoms with E-state index >= 15 is 8.78 Å². The summed E-state index contributed by atoms with van der Waals surface area (Å²) in [5.74, 6) is -1.39. The fourth-order valence-corrected chi connectivity index (χ4v) is 6.32. The van der Waals surface area contributed by atoms with E-state index < -0.39 is 65.5 Å². The minimum atomic E-state index is -5.37. The van der Waals surface area contributed by atoms with Gasteiger partial charge in [-0.25, -0.2) is 0 Å². The lowest BCUT2D eigenvalue weighted by atomic mass is 10.0. The number of rotatable bonds is 12. The van der Waals surface area contributed by atoms with Crippen molar-refractivity contribution >= 4 is 34.9 Å². The van der Waals surface area contributed by atoms with Crippen molar-refractivity contribution in [2.75, 3.05) is 19.8 Å². The number of carbonyl (C=O) groups is 1. The molecule has 0 aliphatic carbocycles. The average Bonchev–Trinajstić information content (AvgIpc) is 3.11. The quantitative estimate of drug-likeness (QED) is 0.184. The molecule has 2 aromatic rings. The molecule has 198 valence electrons. The summed E-state index contributed by atoms with van der Waals surface area (Å²) in [6, 6.07) is 1.80. The minimum absolute atomic E-state index is 0.0182. The molecule has 14 heteroatoms. The fourth-order valence-electron chi connectivity index (χ4n) is 3.26. The molecule has 0 saturated heterocycles. The van der Waals surface area contributed by atoms with Crippen molar-refractivity contribution in [3.8, 4) is 5.75 Å². The van der Waals surface area contributed by atoms with Gasteiger partial charge in [0.05, 0.1) is 40.6 Å². The van der Waals surface area contributed by atoms with Crippen molar-refractivity contribution in [2.24, 2.45) is 5.73 Å². The Balaban J connectivity index is 2.78. The highest BCUT2D eigenvalue weighted by atomic mass is 32.1. The predicted molar refractivity (Wildman–Crippen MR) is 121 cm³/mol. The van der Waals surface area contributed by atoms with Crippen molar-refractivity contribution in [3.63, 3.8) is 0 Å². The number of amides is 1. The predicted octanol–water partition coefficient (Wildman–Crippen LogP) is 6.26. The topological polar surface area (TPSA) is 108 Å². The first kappa shape index (κ1) is 29.4. The zero-order valence-electron chi connectivity index (χ0n) is 19.5. The summed E-state index contributed by atoms with van der Waals surface area (Å²) in [5, 5.41) is 9.05. The Morgan fingerprint density at radius 1 is 1.11 bits per heavy atom. The van der Waals surface area contributed by atoms with Gasteiger partial charge in [-0.15, -0.1) is 11.3 Å². The Hall–Kier alpha value is -1.79. The van der Waals surface area contributed by atoms with Crippen molar-refractivity contribution in [1.29, 1.82) is 0 Å². The van der Waals surface area contributed by atoms with Crippen molar-refractivity contribution < 1.29 is 50.2 Å². The first-order valence-electron chi connectivity index (χ1n) is 10.6. The van der Waals surface area contributed by atoms with Crippen LogP contribution in [0, 0.1) is 0 Å². The van der Waals surface area contributed by atoms with E-state index in [9.17, 15) is 27.6 Å². The molecule has 0 aliphatic heterocycles. The highest BCUT2D eigenvalue weighted by molar-refractivity contribution is 7.55. The lowest BCUT2D eigenvalue weighted by molar-refractivity contribution is -0.138. The standard InChI is InChI=1S/C21H27F5NO6PS/c1-5-32-34(30,33-6-2)21(25,26)17-15(20(22,23)24)13-10-12(18(27)28)11-14(16(13)35-17)31-9-7-8-19(3,4)29/h10-11,29H,5-9H2,1-4H3,(H2,27,28). The Bertz CT molecular complexity index is 1100. The van der Waals surface area contributed by atoms with Gasteiger partial charge in [-0.1, -0.05) is 0 Å². The molecule has 1 amide bonds. The lowest BCUT2D eigenvalue weighted by Crippen LogP contribution is -2.21. The van der Waals surface area contributed by atoms with Crippen LogP contribution in [0.2, 0.25) is 0 Å². The Labute approximate surface area is 202 Å². The molecule has 35 heavy (non-hydrogen) atoms. The molecule has 3 N–H and O–H groups in total. The van der Waals surface area contributed by atoms with E-state index in [0.29, 0.717) is 0 Å². The van der Waals surface area contributed by atoms with E-state index in [-0.39, 0.29) is 41.2 Å². The van der Waals surface area contributed by atoms with Crippen LogP contribution in [0.25, 0.3) is 10.1 Å². The molecule has 0 aliphatic rings. The van der Waals surface area contributed by atoms with Gasteiger partial charge in [-0.05, 0) is 52.7 Å². The number of alkyl halides is 5. The molecule has 7 nitrogen and oxygen atoms in total. The van der Waals surface area contributed by atoms with Crippen molar-refractivity contribution in [2.45, 2.75) is 58.0 Å². The fraction of sp³-hybridized carbons (Fsp3) is 0.571. The largest absolute Gasteiger partial charge is 0.492 e. The summed E-state index contributed by atoms with van der Waals surface area (Å²) in [6.45, 7) is 4.50. The second-order valence-electron chi connectivity index (χ2n) is 8.16. The molecule has 0 atom stereocenters. The Kier molecular flexibility index (Phi) is 8.98. The van der Waals surface area contributed by atoms with Gasteiger partial charge in [-0.3, -0.25) is 9.36 Å². The maximum Gasteiger partial charge on any atom is 0.418 e. The molecule has 0 spiro atoms. The third kappa shape index (κ3) is 6.51. The third-order valence-electron chi connectivity index (χ3n) is 4.73. The summed E-state index contributed by atoms with van der Waals surface area (Å²) in [4.78, 5) is 10.2. The van der Waals surface area contributed by atoms with E-state index in [1.165, 1.54) is 13.8 Å². The Morgan fingerprint density at radius 2 is 1.69 bits per heavy atom. The first-order chi connectivity index (χ1) is 16.0. The molecule has 2 rings (SSSR count). The van der Waals surface area contributed by atoms with E-state index in [1.807, 2.05) is 0 Å². The zero-order chi connectivity index (χ0) is 26.8. The number of thiophene rings is 1. The number of nitrogens with two attached hydrogens (primary N) is 1. The molecule has 1 aromatic heterocycles. The van der Waals surface area contributed by atoms with E-state index in [4.69, 9.17) is 10.5 Å². The van der Waals surface area contributed by atoms with Gasteiger partial charge in [-0.2, -0.15) is 22.0 Å². The van der Waals surface area contributed by atoms with Crippen LogP contribution in [0.3, 0.4) is 0 Å². The molecular weight excluding hydrogens is 520 g/mol. The zero-order valence-corrected chi connectivity index (χ0v) is 21.2. The van der Waals surface area contributed by atoms with E-state index in [0.717, 1.165) is 12.1 Å². The summed E-state index contributed by atoms with van der Waals surface area (Å²) in [6.07, 6.45) is -4.77. The van der Waals surface area contributed by atoms with Crippen LogP contribution in [0.1, 0.15) is 61.3 Å². The first-order valence-corrected chi connectivity index (χ1v) is 12.9. The smallest absolute Gasteiger partial charge is 0.418 e. The van der Waals surface area contributed by atoms with Crippen LogP contribution in [0.4, 0.5) is 22.0 Å². The highest BCUT2D eigenvalue weighted by Crippen LogP contribution is 2.69. The molecule has 1 aromatic carbocycles. The van der Waals surface area contributed by atoms with Gasteiger partial charge >= 0.3 is 19.4 Å². The van der Waals surface area contributed by atoms with Gasteiger partial charge in [0.1, 0.15) is 5.75 Å². The number of fused-ring (bicyclic) bond motifs is 1. The molecule has 0 saturated carbocycles. The summed E-state index contributed by atoms with van der Waals surface area (Å²) < 4.78 is 101. The summed E-state index contributed by atoms with van der Waals surface area (Å²) in [5.41, 5.74) is -2.64. The Morgan fingerprint density at radius 3 is 2.14 bits per heavy atom. The van der Waals surface area contributed by atoms with Gasteiger partial charge in [0, 0.05) is 10.9 Å². The average molecular weight is 547 g/mol. The number of benzene rings is 1. The number of ether oxygens (including phenoxy) is 1. The second-order valence-corrected chi connectivity index (χ2v) is 11.3. The molecular formula is C21H27F5NO6PS. The molecule has 0 radical (unpaired) electrons. The normalized spacial score (nSPS) is 13.4. The molecule has 0 bridgehead atoms. The van der Waals surface area contributed by atoms with Crippen LogP contribution in [-0.2, 0) is 25.5 Å². The monoisotopic (exact) mass is 547 g/mol. The van der Waals surface area contributed by atoms with Gasteiger partial charge in [0.15, 0.2) is 0 Å². The van der Waals surface area contributed by atoms with Crippen LogP contribution < -0.4 is 10.5 Å². The minimum Gasteiger partial charge on any atom is -0.492 e. The SMILES string of the molecule is CCOP(=O)(OCC)C(F)(F)c1sc2c(OCCCC(C)(C)O)cc(C(N)=O)cc2c1C(F)(F)F. The van der Waals surface area contributed by atoms with Gasteiger partial charge < -0.3 is 24.6 Å².